The summed E-state index contributed by atoms with van der Waals surface area (Å²) in [6.45, 7) is 0. The molecule has 0 fully saturated rings. The topological polar surface area (TPSA) is 24.1 Å². The van der Waals surface area contributed by atoms with Crippen molar-refractivity contribution in [2.75, 3.05) is 0 Å². The van der Waals surface area contributed by atoms with Crippen molar-refractivity contribution < 1.29 is 9.67 Å². The van der Waals surface area contributed by atoms with Crippen LogP contribution >= 0.6 is 0 Å². The minimum absolute atomic E-state index is 0.303. The molecule has 2 heteroatoms. The van der Waals surface area contributed by atoms with Crippen LogP contribution in [0.4, 0.5) is 0 Å². The zero-order chi connectivity index (χ0) is 13.9. The number of phenols is 1. The predicted octanol–water partition coefficient (Wildman–Crippen LogP) is 3.54. The Bertz CT molecular complexity index is 790. The minimum atomic E-state index is 0.303. The maximum atomic E-state index is 9.47. The number of aromatic nitrogens is 1. The molecule has 0 saturated carbocycles. The van der Waals surface area contributed by atoms with E-state index >= 15 is 0 Å². The summed E-state index contributed by atoms with van der Waals surface area (Å²) in [5.74, 6) is 0.303. The molecule has 0 amide bonds. The summed E-state index contributed by atoms with van der Waals surface area (Å²) < 4.78 is 2.08. The summed E-state index contributed by atoms with van der Waals surface area (Å²) >= 11 is 0. The van der Waals surface area contributed by atoms with E-state index in [1.165, 1.54) is 0 Å². The molecule has 98 valence electrons. The number of rotatable bonds is 2. The fourth-order valence-corrected chi connectivity index (χ4v) is 2.25. The van der Waals surface area contributed by atoms with Crippen molar-refractivity contribution in [2.45, 2.75) is 0 Å². The SMILES string of the molecule is C[n+]1ccccc1/C=C/c1ccc2cc(O)ccc2c1. The van der Waals surface area contributed by atoms with Crippen molar-refractivity contribution in [3.63, 3.8) is 0 Å². The Kier molecular flexibility index (Phi) is 3.21. The van der Waals surface area contributed by atoms with Crippen LogP contribution in [0.15, 0.2) is 60.8 Å². The van der Waals surface area contributed by atoms with Crippen LogP contribution in [0.1, 0.15) is 11.3 Å². The van der Waals surface area contributed by atoms with E-state index in [0.29, 0.717) is 5.75 Å². The molecule has 0 bridgehead atoms. The molecule has 1 aromatic heterocycles. The molecule has 0 spiro atoms. The first kappa shape index (κ1) is 12.4. The van der Waals surface area contributed by atoms with E-state index in [9.17, 15) is 5.11 Å². The molecule has 3 aromatic rings. The average molecular weight is 262 g/mol. The van der Waals surface area contributed by atoms with Crippen LogP contribution < -0.4 is 4.57 Å². The number of aryl methyl sites for hydroxylation is 1. The summed E-state index contributed by atoms with van der Waals surface area (Å²) in [6.07, 6.45) is 6.23. The molecule has 0 radical (unpaired) electrons. The summed E-state index contributed by atoms with van der Waals surface area (Å²) in [4.78, 5) is 0. The molecule has 0 unspecified atom stereocenters. The van der Waals surface area contributed by atoms with Crippen molar-refractivity contribution in [1.29, 1.82) is 0 Å². The molecule has 20 heavy (non-hydrogen) atoms. The number of hydrogen-bond donors (Lipinski definition) is 1. The van der Waals surface area contributed by atoms with Crippen LogP contribution in [-0.2, 0) is 7.05 Å². The highest BCUT2D eigenvalue weighted by Crippen LogP contribution is 2.21. The number of pyridine rings is 1. The van der Waals surface area contributed by atoms with Gasteiger partial charge in [-0.25, -0.2) is 4.57 Å². The third kappa shape index (κ3) is 2.54. The molecule has 1 heterocycles. The molecule has 0 aliphatic carbocycles. The largest absolute Gasteiger partial charge is 0.508 e. The van der Waals surface area contributed by atoms with Gasteiger partial charge < -0.3 is 5.11 Å². The first-order valence-corrected chi connectivity index (χ1v) is 6.58. The number of aromatic hydroxyl groups is 1. The number of hydrogen-bond acceptors (Lipinski definition) is 1. The summed E-state index contributed by atoms with van der Waals surface area (Å²) in [5, 5.41) is 11.6. The van der Waals surface area contributed by atoms with E-state index in [1.54, 1.807) is 12.1 Å². The van der Waals surface area contributed by atoms with Crippen molar-refractivity contribution in [3.05, 3.63) is 72.1 Å². The van der Waals surface area contributed by atoms with Gasteiger partial charge in [0.05, 0.1) is 0 Å². The molecule has 0 aliphatic heterocycles. The molecular formula is C18H16NO+. The Morgan fingerprint density at radius 1 is 0.900 bits per heavy atom. The maximum absolute atomic E-state index is 9.47. The quantitative estimate of drug-likeness (QED) is 0.702. The second-order valence-corrected chi connectivity index (χ2v) is 4.86. The molecule has 3 rings (SSSR count). The van der Waals surface area contributed by atoms with Crippen molar-refractivity contribution in [2.24, 2.45) is 7.05 Å². The third-order valence-electron chi connectivity index (χ3n) is 3.39. The number of benzene rings is 2. The van der Waals surface area contributed by atoms with E-state index in [-0.39, 0.29) is 0 Å². The van der Waals surface area contributed by atoms with Gasteiger partial charge in [-0.2, -0.15) is 0 Å². The molecule has 2 nitrogen and oxygen atoms in total. The van der Waals surface area contributed by atoms with E-state index < -0.39 is 0 Å². The predicted molar refractivity (Wildman–Crippen MR) is 82.2 cm³/mol. The van der Waals surface area contributed by atoms with Gasteiger partial charge in [-0.1, -0.05) is 18.2 Å². The van der Waals surface area contributed by atoms with Crippen LogP contribution in [0.25, 0.3) is 22.9 Å². The number of nitrogens with zero attached hydrogens (tertiary/aromatic N) is 1. The first-order valence-electron chi connectivity index (χ1n) is 6.58. The molecule has 1 N–H and O–H groups in total. The average Bonchev–Trinajstić information content (AvgIpc) is 2.46. The summed E-state index contributed by atoms with van der Waals surface area (Å²) in [7, 11) is 2.03. The Hall–Kier alpha value is -2.61. The van der Waals surface area contributed by atoms with Gasteiger partial charge in [0, 0.05) is 18.2 Å². The lowest BCUT2D eigenvalue weighted by atomic mass is 10.1. The molecule has 0 aliphatic rings. The van der Waals surface area contributed by atoms with Crippen molar-refractivity contribution in [1.82, 2.24) is 0 Å². The second kappa shape index (κ2) is 5.17. The standard InChI is InChI=1S/C18H15NO/c1-19-11-3-2-4-17(19)9-6-14-5-7-16-13-18(20)10-8-15(16)12-14/h2-13H,1H3/p+1. The van der Waals surface area contributed by atoms with Crippen molar-refractivity contribution >= 4 is 22.9 Å². The van der Waals surface area contributed by atoms with Crippen LogP contribution in [0.5, 0.6) is 5.75 Å². The van der Waals surface area contributed by atoms with E-state index in [1.807, 2.05) is 37.5 Å². The minimum Gasteiger partial charge on any atom is -0.508 e. The normalized spacial score (nSPS) is 11.2. The van der Waals surface area contributed by atoms with Crippen LogP contribution in [0.2, 0.25) is 0 Å². The van der Waals surface area contributed by atoms with Gasteiger partial charge in [0.2, 0.25) is 5.69 Å². The lowest BCUT2D eigenvalue weighted by molar-refractivity contribution is -0.673. The van der Waals surface area contributed by atoms with Crippen LogP contribution in [-0.4, -0.2) is 5.11 Å². The number of phenolic OH excluding ortho intramolecular Hbond substituents is 1. The van der Waals surface area contributed by atoms with E-state index in [0.717, 1.165) is 22.0 Å². The molecule has 0 saturated heterocycles. The Morgan fingerprint density at radius 3 is 2.55 bits per heavy atom. The summed E-state index contributed by atoms with van der Waals surface area (Å²) in [6, 6.07) is 17.8. The molecule has 2 aromatic carbocycles. The Balaban J connectivity index is 1.95. The molecular weight excluding hydrogens is 246 g/mol. The fourth-order valence-electron chi connectivity index (χ4n) is 2.25. The highest BCUT2D eigenvalue weighted by molar-refractivity contribution is 5.86. The van der Waals surface area contributed by atoms with Crippen molar-refractivity contribution in [3.8, 4) is 5.75 Å². The van der Waals surface area contributed by atoms with E-state index in [4.69, 9.17) is 0 Å². The highest BCUT2D eigenvalue weighted by Gasteiger charge is 2.00. The smallest absolute Gasteiger partial charge is 0.204 e. The zero-order valence-corrected chi connectivity index (χ0v) is 11.3. The van der Waals surface area contributed by atoms with Gasteiger partial charge in [0.15, 0.2) is 6.20 Å². The first-order chi connectivity index (χ1) is 9.72. The lowest BCUT2D eigenvalue weighted by Gasteiger charge is -2.00. The third-order valence-corrected chi connectivity index (χ3v) is 3.39. The lowest BCUT2D eigenvalue weighted by Crippen LogP contribution is -2.30. The second-order valence-electron chi connectivity index (χ2n) is 4.86. The monoisotopic (exact) mass is 262 g/mol. The highest BCUT2D eigenvalue weighted by atomic mass is 16.3. The van der Waals surface area contributed by atoms with Gasteiger partial charge in [-0.15, -0.1) is 0 Å². The van der Waals surface area contributed by atoms with Gasteiger partial charge >= 0.3 is 0 Å². The van der Waals surface area contributed by atoms with E-state index in [2.05, 4.69) is 34.9 Å². The number of fused-ring (bicyclic) bond motifs is 1. The van der Waals surface area contributed by atoms with Gasteiger partial charge in [0.25, 0.3) is 0 Å². The van der Waals surface area contributed by atoms with Crippen LogP contribution in [0.3, 0.4) is 0 Å². The Labute approximate surface area is 118 Å². The zero-order valence-electron chi connectivity index (χ0n) is 11.3. The van der Waals surface area contributed by atoms with Gasteiger partial charge in [-0.05, 0) is 46.7 Å². The fraction of sp³-hybridized carbons (Fsp3) is 0.0556. The van der Waals surface area contributed by atoms with Gasteiger partial charge in [-0.3, -0.25) is 0 Å². The Morgan fingerprint density at radius 2 is 1.70 bits per heavy atom. The van der Waals surface area contributed by atoms with Crippen LogP contribution in [0, 0.1) is 0 Å². The summed E-state index contributed by atoms with van der Waals surface area (Å²) in [5.41, 5.74) is 2.30. The molecule has 0 atom stereocenters. The van der Waals surface area contributed by atoms with Gasteiger partial charge in [0.1, 0.15) is 12.8 Å². The maximum Gasteiger partial charge on any atom is 0.204 e.